The van der Waals surface area contributed by atoms with Crippen molar-refractivity contribution in [3.8, 4) is 5.69 Å². The first kappa shape index (κ1) is 14.9. The van der Waals surface area contributed by atoms with Crippen molar-refractivity contribution in [3.05, 3.63) is 48.8 Å². The van der Waals surface area contributed by atoms with Gasteiger partial charge in [0.15, 0.2) is 5.82 Å². The molecule has 1 aromatic carbocycles. The smallest absolute Gasteiger partial charge is 0.170 e. The highest BCUT2D eigenvalue weighted by atomic mass is 15.5. The summed E-state index contributed by atoms with van der Waals surface area (Å²) in [5.41, 5.74) is 0.988. The van der Waals surface area contributed by atoms with Crippen LogP contribution in [0.3, 0.4) is 0 Å². The van der Waals surface area contributed by atoms with E-state index in [4.69, 9.17) is 0 Å². The Bertz CT molecular complexity index is 752. The van der Waals surface area contributed by atoms with Crippen molar-refractivity contribution >= 4 is 0 Å². The summed E-state index contributed by atoms with van der Waals surface area (Å²) in [4.78, 5) is 6.49. The number of likely N-dealkylation sites (tertiary alicyclic amines) is 1. The molecule has 24 heavy (non-hydrogen) atoms. The molecule has 8 nitrogen and oxygen atoms in total. The maximum Gasteiger partial charge on any atom is 0.170 e. The second kappa shape index (κ2) is 6.88. The van der Waals surface area contributed by atoms with E-state index in [0.717, 1.165) is 37.6 Å². The fourth-order valence-electron chi connectivity index (χ4n) is 3.27. The van der Waals surface area contributed by atoms with Gasteiger partial charge in [0.25, 0.3) is 0 Å². The Kier molecular flexibility index (Phi) is 4.28. The molecule has 0 saturated carbocycles. The van der Waals surface area contributed by atoms with Crippen molar-refractivity contribution in [2.24, 2.45) is 0 Å². The van der Waals surface area contributed by atoms with Crippen molar-refractivity contribution in [2.75, 3.05) is 6.54 Å². The van der Waals surface area contributed by atoms with Crippen molar-refractivity contribution in [3.63, 3.8) is 0 Å². The second-order valence-electron chi connectivity index (χ2n) is 6.08. The number of hydrogen-bond acceptors (Lipinski definition) is 6. The minimum absolute atomic E-state index is 0.432. The molecule has 0 amide bonds. The van der Waals surface area contributed by atoms with E-state index < -0.39 is 0 Å². The van der Waals surface area contributed by atoms with E-state index in [1.807, 2.05) is 39.7 Å². The summed E-state index contributed by atoms with van der Waals surface area (Å²) >= 11 is 0. The van der Waals surface area contributed by atoms with Gasteiger partial charge in [0.2, 0.25) is 0 Å². The van der Waals surface area contributed by atoms with E-state index in [0.29, 0.717) is 6.04 Å². The van der Waals surface area contributed by atoms with Crippen molar-refractivity contribution < 1.29 is 0 Å². The minimum Gasteiger partial charge on any atom is -0.291 e. The molecular weight excluding hydrogens is 304 g/mol. The van der Waals surface area contributed by atoms with Crippen LogP contribution in [0.4, 0.5) is 0 Å². The first-order chi connectivity index (χ1) is 11.9. The van der Waals surface area contributed by atoms with Gasteiger partial charge < -0.3 is 0 Å². The van der Waals surface area contributed by atoms with E-state index in [1.165, 1.54) is 12.8 Å². The summed E-state index contributed by atoms with van der Waals surface area (Å²) < 4.78 is 3.73. The van der Waals surface area contributed by atoms with Crippen molar-refractivity contribution in [2.45, 2.75) is 38.4 Å². The summed E-state index contributed by atoms with van der Waals surface area (Å²) in [6, 6.07) is 10.4. The lowest BCUT2D eigenvalue weighted by Crippen LogP contribution is -2.42. The van der Waals surface area contributed by atoms with Crippen LogP contribution in [0, 0.1) is 0 Å². The Morgan fingerprint density at radius 3 is 2.88 bits per heavy atom. The fraction of sp³-hybridized carbons (Fsp3) is 0.438. The number of rotatable bonds is 5. The van der Waals surface area contributed by atoms with E-state index in [9.17, 15) is 0 Å². The Hall–Kier alpha value is -2.61. The van der Waals surface area contributed by atoms with Gasteiger partial charge in [-0.25, -0.2) is 4.98 Å². The lowest BCUT2D eigenvalue weighted by atomic mass is 10.0. The van der Waals surface area contributed by atoms with Crippen LogP contribution in [0.1, 0.15) is 25.1 Å². The van der Waals surface area contributed by atoms with Crippen LogP contribution in [0.5, 0.6) is 0 Å². The molecule has 2 aromatic heterocycles. The summed E-state index contributed by atoms with van der Waals surface area (Å²) in [5, 5.41) is 16.5. The Balaban J connectivity index is 1.52. The van der Waals surface area contributed by atoms with Crippen molar-refractivity contribution in [1.82, 2.24) is 39.9 Å². The molecule has 0 radical (unpaired) electrons. The van der Waals surface area contributed by atoms with Gasteiger partial charge in [-0.15, -0.1) is 5.10 Å². The molecule has 3 aromatic rings. The zero-order chi connectivity index (χ0) is 16.2. The van der Waals surface area contributed by atoms with Gasteiger partial charge in [-0.2, -0.15) is 9.78 Å². The largest absolute Gasteiger partial charge is 0.291 e. The normalized spacial score (nSPS) is 18.8. The maximum atomic E-state index is 4.24. The topological polar surface area (TPSA) is 77.5 Å². The predicted molar refractivity (Wildman–Crippen MR) is 87.2 cm³/mol. The third-order valence-electron chi connectivity index (χ3n) is 4.49. The Morgan fingerprint density at radius 2 is 2.04 bits per heavy atom. The molecule has 0 N–H and O–H groups in total. The third-order valence-corrected chi connectivity index (χ3v) is 4.49. The van der Waals surface area contributed by atoms with Crippen LogP contribution in [-0.2, 0) is 13.1 Å². The molecule has 0 bridgehead atoms. The van der Waals surface area contributed by atoms with Gasteiger partial charge in [-0.05, 0) is 41.9 Å². The van der Waals surface area contributed by atoms with Gasteiger partial charge >= 0.3 is 0 Å². The number of benzene rings is 1. The van der Waals surface area contributed by atoms with Gasteiger partial charge in [-0.1, -0.05) is 24.6 Å². The van der Waals surface area contributed by atoms with E-state index >= 15 is 0 Å². The molecule has 0 unspecified atom stereocenters. The average Bonchev–Trinajstić information content (AvgIpc) is 3.29. The molecule has 1 fully saturated rings. The summed E-state index contributed by atoms with van der Waals surface area (Å²) in [5.74, 6) is 0.867. The standard InChI is InChI=1S/C16H20N8/c1-2-6-14(7-3-1)24-16(19-20-21-24)11-22-9-5-4-8-15(22)10-23-13-17-12-18-23/h1-3,6-7,12-13,15H,4-5,8-11H2/t15-/m0/s1. The highest BCUT2D eigenvalue weighted by Crippen LogP contribution is 2.21. The Morgan fingerprint density at radius 1 is 1.12 bits per heavy atom. The SMILES string of the molecule is c1ccc(-n2nnnc2CN2CCCC[C@H]2Cn2cncn2)cc1. The van der Waals surface area contributed by atoms with Crippen molar-refractivity contribution in [1.29, 1.82) is 0 Å². The quantitative estimate of drug-likeness (QED) is 0.704. The highest BCUT2D eigenvalue weighted by Gasteiger charge is 2.25. The van der Waals surface area contributed by atoms with E-state index in [2.05, 4.69) is 30.5 Å². The Labute approximate surface area is 140 Å². The molecule has 1 aliphatic heterocycles. The molecule has 1 saturated heterocycles. The van der Waals surface area contributed by atoms with Gasteiger partial charge in [0, 0.05) is 6.04 Å². The van der Waals surface area contributed by atoms with Gasteiger partial charge in [0.05, 0.1) is 18.8 Å². The fourth-order valence-corrected chi connectivity index (χ4v) is 3.27. The summed E-state index contributed by atoms with van der Waals surface area (Å²) in [6.45, 7) is 2.65. The summed E-state index contributed by atoms with van der Waals surface area (Å²) in [6.07, 6.45) is 6.98. The molecule has 8 heteroatoms. The zero-order valence-corrected chi connectivity index (χ0v) is 13.4. The number of hydrogen-bond donors (Lipinski definition) is 0. The van der Waals surface area contributed by atoms with Crippen LogP contribution < -0.4 is 0 Å². The summed E-state index contributed by atoms with van der Waals surface area (Å²) in [7, 11) is 0. The first-order valence-electron chi connectivity index (χ1n) is 8.29. The number of tetrazole rings is 1. The van der Waals surface area contributed by atoms with Gasteiger partial charge in [0.1, 0.15) is 12.7 Å². The lowest BCUT2D eigenvalue weighted by Gasteiger charge is -2.35. The number of nitrogens with zero attached hydrogens (tertiary/aromatic N) is 8. The number of piperidine rings is 1. The molecule has 1 atom stereocenters. The van der Waals surface area contributed by atoms with E-state index in [-0.39, 0.29) is 0 Å². The maximum absolute atomic E-state index is 4.24. The van der Waals surface area contributed by atoms with Gasteiger partial charge in [-0.3, -0.25) is 9.58 Å². The molecule has 4 rings (SSSR count). The second-order valence-corrected chi connectivity index (χ2v) is 6.08. The highest BCUT2D eigenvalue weighted by molar-refractivity contribution is 5.30. The lowest BCUT2D eigenvalue weighted by molar-refractivity contribution is 0.118. The first-order valence-corrected chi connectivity index (χ1v) is 8.29. The average molecular weight is 324 g/mol. The zero-order valence-electron chi connectivity index (χ0n) is 13.4. The monoisotopic (exact) mass is 324 g/mol. The van der Waals surface area contributed by atoms with Crippen LogP contribution in [0.15, 0.2) is 43.0 Å². The third kappa shape index (κ3) is 3.18. The molecule has 124 valence electrons. The molecule has 3 heterocycles. The van der Waals surface area contributed by atoms with E-state index in [1.54, 1.807) is 12.7 Å². The van der Waals surface area contributed by atoms with Crippen LogP contribution in [0.25, 0.3) is 5.69 Å². The number of para-hydroxylation sites is 1. The number of aromatic nitrogens is 7. The molecule has 0 aliphatic carbocycles. The molecular formula is C16H20N8. The minimum atomic E-state index is 0.432. The molecule has 0 spiro atoms. The van der Waals surface area contributed by atoms with Crippen LogP contribution >= 0.6 is 0 Å². The predicted octanol–water partition coefficient (Wildman–Crippen LogP) is 1.31. The molecule has 1 aliphatic rings. The van der Waals surface area contributed by atoms with Crippen LogP contribution in [0.2, 0.25) is 0 Å². The van der Waals surface area contributed by atoms with Crippen LogP contribution in [-0.4, -0.2) is 52.5 Å².